The highest BCUT2D eigenvalue weighted by molar-refractivity contribution is 5.99. The number of amides is 1. The van der Waals surface area contributed by atoms with Crippen molar-refractivity contribution in [3.8, 4) is 0 Å². The fourth-order valence-electron chi connectivity index (χ4n) is 1.84. The van der Waals surface area contributed by atoms with Crippen LogP contribution in [0.5, 0.6) is 0 Å². The van der Waals surface area contributed by atoms with Gasteiger partial charge in [0.1, 0.15) is 5.82 Å². The molecule has 0 heterocycles. The molecule has 0 bridgehead atoms. The van der Waals surface area contributed by atoms with E-state index in [-0.39, 0.29) is 11.3 Å². The molecule has 0 fully saturated rings. The summed E-state index contributed by atoms with van der Waals surface area (Å²) in [6.45, 7) is 3.59. The summed E-state index contributed by atoms with van der Waals surface area (Å²) in [6, 6.07) is 2.82. The van der Waals surface area contributed by atoms with E-state index in [1.54, 1.807) is 0 Å². The summed E-state index contributed by atoms with van der Waals surface area (Å²) in [5.41, 5.74) is 0.00790. The lowest BCUT2D eigenvalue weighted by Gasteiger charge is -2.17. The van der Waals surface area contributed by atoms with Crippen LogP contribution in [-0.4, -0.2) is 24.7 Å². The van der Waals surface area contributed by atoms with Crippen LogP contribution in [0.3, 0.4) is 0 Å². The van der Waals surface area contributed by atoms with E-state index in [0.717, 1.165) is 6.42 Å². The summed E-state index contributed by atoms with van der Waals surface area (Å²) >= 11 is 0. The Morgan fingerprint density at radius 2 is 2.00 bits per heavy atom. The Bertz CT molecular complexity index is 488. The molecule has 0 saturated heterocycles. The number of halogens is 4. The first-order valence-electron chi connectivity index (χ1n) is 6.64. The minimum Gasteiger partial charge on any atom is -0.382 e. The second kappa shape index (κ2) is 7.28. The van der Waals surface area contributed by atoms with E-state index in [9.17, 15) is 22.4 Å². The first-order chi connectivity index (χ1) is 9.74. The highest BCUT2D eigenvalue weighted by Crippen LogP contribution is 2.23. The van der Waals surface area contributed by atoms with Crippen LogP contribution in [0, 0.1) is 5.82 Å². The monoisotopic (exact) mass is 306 g/mol. The van der Waals surface area contributed by atoms with E-state index in [2.05, 4.69) is 10.6 Å². The number of para-hydroxylation sites is 1. The van der Waals surface area contributed by atoms with Gasteiger partial charge in [-0.15, -0.1) is 0 Å². The Kier molecular flexibility index (Phi) is 5.99. The van der Waals surface area contributed by atoms with Crippen LogP contribution in [0.4, 0.5) is 23.2 Å². The molecule has 7 heteroatoms. The van der Waals surface area contributed by atoms with Gasteiger partial charge >= 0.3 is 6.18 Å². The second-order valence-electron chi connectivity index (χ2n) is 4.78. The van der Waals surface area contributed by atoms with E-state index >= 15 is 0 Å². The van der Waals surface area contributed by atoms with Crippen molar-refractivity contribution in [3.05, 3.63) is 29.6 Å². The van der Waals surface area contributed by atoms with E-state index in [4.69, 9.17) is 0 Å². The second-order valence-corrected chi connectivity index (χ2v) is 4.78. The molecule has 0 aliphatic heterocycles. The van der Waals surface area contributed by atoms with Crippen molar-refractivity contribution in [2.24, 2.45) is 0 Å². The summed E-state index contributed by atoms with van der Waals surface area (Å²) in [5, 5.41) is 5.01. The van der Waals surface area contributed by atoms with Crippen molar-refractivity contribution in [1.29, 1.82) is 0 Å². The third-order valence-electron chi connectivity index (χ3n) is 2.73. The molecule has 2 N–H and O–H groups in total. The van der Waals surface area contributed by atoms with Crippen LogP contribution in [0.1, 0.15) is 37.0 Å². The number of anilines is 1. The number of hydrogen-bond acceptors (Lipinski definition) is 2. The maximum atomic E-state index is 13.7. The van der Waals surface area contributed by atoms with Crippen LogP contribution in [-0.2, 0) is 0 Å². The molecule has 0 aliphatic rings. The molecule has 21 heavy (non-hydrogen) atoms. The molecule has 118 valence electrons. The van der Waals surface area contributed by atoms with Gasteiger partial charge in [0.25, 0.3) is 5.91 Å². The highest BCUT2D eigenvalue weighted by atomic mass is 19.4. The van der Waals surface area contributed by atoms with Gasteiger partial charge in [-0.1, -0.05) is 13.0 Å². The third-order valence-corrected chi connectivity index (χ3v) is 2.73. The van der Waals surface area contributed by atoms with E-state index < -0.39 is 30.4 Å². The lowest BCUT2D eigenvalue weighted by molar-refractivity contribution is -0.138. The van der Waals surface area contributed by atoms with Gasteiger partial charge in [-0.05, 0) is 25.5 Å². The zero-order valence-corrected chi connectivity index (χ0v) is 11.9. The summed E-state index contributed by atoms with van der Waals surface area (Å²) in [4.78, 5) is 12.0. The molecule has 1 aromatic rings. The number of carbonyl (C=O) groups excluding carboxylic acids is 1. The van der Waals surface area contributed by atoms with Gasteiger partial charge < -0.3 is 10.6 Å². The molecule has 1 atom stereocenters. The molecular weight excluding hydrogens is 288 g/mol. The molecule has 0 spiro atoms. The van der Waals surface area contributed by atoms with Crippen LogP contribution in [0.2, 0.25) is 0 Å². The molecule has 1 aromatic carbocycles. The van der Waals surface area contributed by atoms with Gasteiger partial charge in [0.05, 0.1) is 17.7 Å². The molecule has 0 aliphatic carbocycles. The molecule has 0 saturated carbocycles. The van der Waals surface area contributed by atoms with E-state index in [1.807, 2.05) is 6.92 Å². The predicted molar refractivity (Wildman–Crippen MR) is 72.8 cm³/mol. The SMILES string of the molecule is CCCNc1c(F)cccc1C(=O)NC(C)CC(F)(F)F. The third kappa shape index (κ3) is 5.61. The normalized spacial score (nSPS) is 12.9. The summed E-state index contributed by atoms with van der Waals surface area (Å²) in [6.07, 6.45) is -4.77. The van der Waals surface area contributed by atoms with Gasteiger partial charge in [-0.3, -0.25) is 4.79 Å². The van der Waals surface area contributed by atoms with Crippen molar-refractivity contribution in [3.63, 3.8) is 0 Å². The van der Waals surface area contributed by atoms with Crippen molar-refractivity contribution < 1.29 is 22.4 Å². The number of nitrogens with one attached hydrogen (secondary N) is 2. The van der Waals surface area contributed by atoms with Crippen molar-refractivity contribution >= 4 is 11.6 Å². The molecule has 1 amide bonds. The van der Waals surface area contributed by atoms with Crippen molar-refractivity contribution in [1.82, 2.24) is 5.32 Å². The zero-order chi connectivity index (χ0) is 16.0. The maximum Gasteiger partial charge on any atom is 0.391 e. The fraction of sp³-hybridized carbons (Fsp3) is 0.500. The Morgan fingerprint density at radius 1 is 1.33 bits per heavy atom. The molecule has 1 rings (SSSR count). The fourth-order valence-corrected chi connectivity index (χ4v) is 1.84. The van der Waals surface area contributed by atoms with Crippen LogP contribution in [0.25, 0.3) is 0 Å². The predicted octanol–water partition coefficient (Wildman–Crippen LogP) is 3.72. The quantitative estimate of drug-likeness (QED) is 0.787. The Hall–Kier alpha value is -1.79. The molecule has 1 unspecified atom stereocenters. The number of rotatable bonds is 6. The number of carbonyl (C=O) groups is 1. The first-order valence-corrected chi connectivity index (χ1v) is 6.64. The summed E-state index contributed by atoms with van der Waals surface area (Å²) in [5.74, 6) is -1.34. The molecule has 0 radical (unpaired) electrons. The van der Waals surface area contributed by atoms with Gasteiger partial charge in [-0.2, -0.15) is 13.2 Å². The average molecular weight is 306 g/mol. The van der Waals surface area contributed by atoms with Crippen LogP contribution < -0.4 is 10.6 Å². The first kappa shape index (κ1) is 17.3. The standard InChI is InChI=1S/C14H18F4N2O/c1-3-7-19-12-10(5-4-6-11(12)15)13(21)20-9(2)8-14(16,17)18/h4-6,9,19H,3,7-8H2,1-2H3,(H,20,21). The van der Waals surface area contributed by atoms with Gasteiger partial charge in [0.2, 0.25) is 0 Å². The van der Waals surface area contributed by atoms with Crippen molar-refractivity contribution in [2.45, 2.75) is 38.9 Å². The van der Waals surface area contributed by atoms with Gasteiger partial charge in [0, 0.05) is 12.6 Å². The summed E-state index contributed by atoms with van der Waals surface area (Å²) in [7, 11) is 0. The molecule has 0 aromatic heterocycles. The average Bonchev–Trinajstić information content (AvgIpc) is 2.34. The largest absolute Gasteiger partial charge is 0.391 e. The van der Waals surface area contributed by atoms with Crippen LogP contribution >= 0.6 is 0 Å². The minimum absolute atomic E-state index is 0.00234. The zero-order valence-electron chi connectivity index (χ0n) is 11.9. The van der Waals surface area contributed by atoms with E-state index in [0.29, 0.717) is 6.54 Å². The smallest absolute Gasteiger partial charge is 0.382 e. The van der Waals surface area contributed by atoms with Crippen LogP contribution in [0.15, 0.2) is 18.2 Å². The molecule has 3 nitrogen and oxygen atoms in total. The van der Waals surface area contributed by atoms with Gasteiger partial charge in [-0.25, -0.2) is 4.39 Å². The molecular formula is C14H18F4N2O. The minimum atomic E-state index is -4.36. The maximum absolute atomic E-state index is 13.7. The number of hydrogen-bond donors (Lipinski definition) is 2. The lowest BCUT2D eigenvalue weighted by atomic mass is 10.1. The Morgan fingerprint density at radius 3 is 2.57 bits per heavy atom. The van der Waals surface area contributed by atoms with Gasteiger partial charge in [0.15, 0.2) is 0 Å². The Balaban J connectivity index is 2.84. The highest BCUT2D eigenvalue weighted by Gasteiger charge is 2.31. The number of benzene rings is 1. The number of alkyl halides is 3. The topological polar surface area (TPSA) is 41.1 Å². The summed E-state index contributed by atoms with van der Waals surface area (Å²) < 4.78 is 50.5. The lowest BCUT2D eigenvalue weighted by Crippen LogP contribution is -2.36. The van der Waals surface area contributed by atoms with Crippen molar-refractivity contribution in [2.75, 3.05) is 11.9 Å². The Labute approximate surface area is 120 Å². The van der Waals surface area contributed by atoms with E-state index in [1.165, 1.54) is 25.1 Å².